The van der Waals surface area contributed by atoms with E-state index in [0.29, 0.717) is 31.4 Å². The van der Waals surface area contributed by atoms with Crippen LogP contribution in [-0.4, -0.2) is 12.1 Å². The Bertz CT molecular complexity index is 1310. The number of carbonyl (C=O) groups is 1. The van der Waals surface area contributed by atoms with E-state index in [0.717, 1.165) is 9.86 Å². The molecule has 4 rings (SSSR count). The minimum absolute atomic E-state index is 0.0848. The van der Waals surface area contributed by atoms with E-state index in [9.17, 15) is 9.18 Å². The van der Waals surface area contributed by atoms with Crippen molar-refractivity contribution < 1.29 is 18.3 Å². The number of benzene rings is 3. The highest BCUT2D eigenvalue weighted by Crippen LogP contribution is 2.35. The van der Waals surface area contributed by atoms with Crippen molar-refractivity contribution in [3.63, 3.8) is 0 Å². The molecule has 0 saturated carbocycles. The molecule has 0 aliphatic rings. The highest BCUT2D eigenvalue weighted by atomic mass is 79.9. The maximum atomic E-state index is 13.8. The number of hydrogen-bond acceptors (Lipinski definition) is 4. The fourth-order valence-corrected chi connectivity index (χ4v) is 4.73. The number of nitrogens with zero attached hydrogens (tertiary/aromatic N) is 1. The number of fused-ring (bicyclic) bond motifs is 1. The first-order valence-corrected chi connectivity index (χ1v) is 11.7. The zero-order valence-electron chi connectivity index (χ0n) is 16.2. The van der Waals surface area contributed by atoms with Crippen LogP contribution in [0, 0.1) is 5.82 Å². The second-order valence-electron chi connectivity index (χ2n) is 6.69. The standard InChI is InChI=1S/C23H14Br3FN2O3/c24-16-5-6-20-15(9-16)10-21(32-20)23(30)29-28-11-13-7-17(25)22(18(26)8-13)31-12-14-3-1-2-4-19(14)27/h1-11H,12H2,(H,29,30)/b28-11+. The molecule has 1 heterocycles. The Morgan fingerprint density at radius 3 is 2.56 bits per heavy atom. The summed E-state index contributed by atoms with van der Waals surface area (Å²) in [5.74, 6) is -0.0924. The van der Waals surface area contributed by atoms with Gasteiger partial charge in [-0.25, -0.2) is 9.82 Å². The largest absolute Gasteiger partial charge is 0.486 e. The summed E-state index contributed by atoms with van der Waals surface area (Å²) >= 11 is 10.3. The summed E-state index contributed by atoms with van der Waals surface area (Å²) < 4.78 is 27.3. The maximum absolute atomic E-state index is 13.8. The molecule has 0 unspecified atom stereocenters. The molecule has 0 bridgehead atoms. The molecule has 4 aromatic rings. The number of ether oxygens (including phenoxy) is 1. The summed E-state index contributed by atoms with van der Waals surface area (Å²) in [6, 6.07) is 17.1. The Hall–Kier alpha value is -2.49. The van der Waals surface area contributed by atoms with Crippen molar-refractivity contribution in [2.45, 2.75) is 6.61 Å². The molecule has 0 spiro atoms. The average molecular weight is 625 g/mol. The Labute approximate surface area is 208 Å². The number of amides is 1. The molecule has 0 saturated heterocycles. The third kappa shape index (κ3) is 5.28. The summed E-state index contributed by atoms with van der Waals surface area (Å²) in [5.41, 5.74) is 4.22. The lowest BCUT2D eigenvalue weighted by Crippen LogP contribution is -2.16. The molecular weight excluding hydrogens is 611 g/mol. The van der Waals surface area contributed by atoms with E-state index in [4.69, 9.17) is 9.15 Å². The molecule has 0 aliphatic carbocycles. The van der Waals surface area contributed by atoms with Crippen LogP contribution in [0.3, 0.4) is 0 Å². The third-order valence-electron chi connectivity index (χ3n) is 4.43. The molecule has 0 fully saturated rings. The average Bonchev–Trinajstić information content (AvgIpc) is 3.17. The molecule has 5 nitrogen and oxygen atoms in total. The van der Waals surface area contributed by atoms with Crippen LogP contribution in [0.2, 0.25) is 0 Å². The molecule has 32 heavy (non-hydrogen) atoms. The molecule has 1 amide bonds. The number of rotatable bonds is 6. The lowest BCUT2D eigenvalue weighted by atomic mass is 10.2. The number of nitrogens with one attached hydrogen (secondary N) is 1. The molecule has 0 aliphatic heterocycles. The van der Waals surface area contributed by atoms with E-state index in [-0.39, 0.29) is 18.2 Å². The Balaban J connectivity index is 1.42. The van der Waals surface area contributed by atoms with E-state index in [1.165, 1.54) is 12.3 Å². The summed E-state index contributed by atoms with van der Waals surface area (Å²) in [4.78, 5) is 12.3. The Kier molecular flexibility index (Phi) is 7.07. The highest BCUT2D eigenvalue weighted by molar-refractivity contribution is 9.11. The molecule has 0 radical (unpaired) electrons. The number of hydrazone groups is 1. The monoisotopic (exact) mass is 622 g/mol. The van der Waals surface area contributed by atoms with Gasteiger partial charge < -0.3 is 9.15 Å². The normalized spacial score (nSPS) is 11.2. The zero-order valence-corrected chi connectivity index (χ0v) is 21.0. The maximum Gasteiger partial charge on any atom is 0.307 e. The van der Waals surface area contributed by atoms with E-state index in [1.54, 1.807) is 42.5 Å². The third-order valence-corrected chi connectivity index (χ3v) is 6.10. The van der Waals surface area contributed by atoms with Gasteiger partial charge in [0.1, 0.15) is 23.8 Å². The van der Waals surface area contributed by atoms with Crippen molar-refractivity contribution in [1.29, 1.82) is 0 Å². The topological polar surface area (TPSA) is 63.8 Å². The Morgan fingerprint density at radius 2 is 1.81 bits per heavy atom. The van der Waals surface area contributed by atoms with Gasteiger partial charge in [0.2, 0.25) is 0 Å². The first kappa shape index (κ1) is 22.7. The number of furan rings is 1. The van der Waals surface area contributed by atoms with E-state index in [1.807, 2.05) is 12.1 Å². The molecule has 0 atom stereocenters. The van der Waals surface area contributed by atoms with E-state index >= 15 is 0 Å². The second-order valence-corrected chi connectivity index (χ2v) is 9.31. The minimum Gasteiger partial charge on any atom is -0.486 e. The fourth-order valence-electron chi connectivity index (χ4n) is 2.90. The molecule has 1 aromatic heterocycles. The van der Waals surface area contributed by atoms with Crippen LogP contribution in [0.25, 0.3) is 11.0 Å². The number of carbonyl (C=O) groups excluding carboxylic acids is 1. The van der Waals surface area contributed by atoms with Crippen molar-refractivity contribution in [2.75, 3.05) is 0 Å². The van der Waals surface area contributed by atoms with Crippen molar-refractivity contribution in [2.24, 2.45) is 5.10 Å². The van der Waals surface area contributed by atoms with Crippen LogP contribution in [0.1, 0.15) is 21.7 Å². The SMILES string of the molecule is O=C(N/N=C/c1cc(Br)c(OCc2ccccc2F)c(Br)c1)c1cc2cc(Br)ccc2o1. The van der Waals surface area contributed by atoms with Crippen LogP contribution in [0.4, 0.5) is 4.39 Å². The van der Waals surface area contributed by atoms with Crippen molar-refractivity contribution in [3.05, 3.63) is 96.8 Å². The van der Waals surface area contributed by atoms with Crippen LogP contribution in [0.5, 0.6) is 5.75 Å². The smallest absolute Gasteiger partial charge is 0.307 e. The molecule has 9 heteroatoms. The predicted molar refractivity (Wildman–Crippen MR) is 132 cm³/mol. The van der Waals surface area contributed by atoms with Crippen molar-refractivity contribution >= 4 is 70.9 Å². The van der Waals surface area contributed by atoms with Crippen molar-refractivity contribution in [3.8, 4) is 5.75 Å². The number of hydrogen-bond donors (Lipinski definition) is 1. The van der Waals surface area contributed by atoms with Gasteiger partial charge in [0.25, 0.3) is 0 Å². The first-order valence-electron chi connectivity index (χ1n) is 9.28. The molecular formula is C23H14Br3FN2O3. The van der Waals surface area contributed by atoms with Gasteiger partial charge in [-0.15, -0.1) is 0 Å². The summed E-state index contributed by atoms with van der Waals surface area (Å²) in [5, 5.41) is 4.81. The summed E-state index contributed by atoms with van der Waals surface area (Å²) in [7, 11) is 0. The van der Waals surface area contributed by atoms with E-state index in [2.05, 4.69) is 58.3 Å². The van der Waals surface area contributed by atoms with Gasteiger partial charge in [-0.05, 0) is 79.9 Å². The van der Waals surface area contributed by atoms with Gasteiger partial charge in [0, 0.05) is 15.4 Å². The van der Waals surface area contributed by atoms with Crippen LogP contribution < -0.4 is 10.2 Å². The quantitative estimate of drug-likeness (QED) is 0.182. The summed E-state index contributed by atoms with van der Waals surface area (Å²) in [6.07, 6.45) is 1.49. The van der Waals surface area contributed by atoms with Crippen LogP contribution in [-0.2, 0) is 6.61 Å². The van der Waals surface area contributed by atoms with Gasteiger partial charge >= 0.3 is 5.91 Å². The van der Waals surface area contributed by atoms with Crippen molar-refractivity contribution in [1.82, 2.24) is 5.43 Å². The Morgan fingerprint density at radius 1 is 1.06 bits per heavy atom. The lowest BCUT2D eigenvalue weighted by molar-refractivity contribution is 0.0929. The van der Waals surface area contributed by atoms with Gasteiger partial charge in [0.15, 0.2) is 5.76 Å². The molecule has 1 N–H and O–H groups in total. The minimum atomic E-state index is -0.462. The van der Waals surface area contributed by atoms with Gasteiger partial charge in [-0.2, -0.15) is 5.10 Å². The van der Waals surface area contributed by atoms with Crippen LogP contribution >= 0.6 is 47.8 Å². The molecule has 162 valence electrons. The van der Waals surface area contributed by atoms with Gasteiger partial charge in [-0.3, -0.25) is 4.79 Å². The number of halogens is 4. The van der Waals surface area contributed by atoms with Gasteiger partial charge in [-0.1, -0.05) is 34.1 Å². The van der Waals surface area contributed by atoms with Crippen LogP contribution in [0.15, 0.2) is 83.6 Å². The summed E-state index contributed by atoms with van der Waals surface area (Å²) in [6.45, 7) is 0.0848. The predicted octanol–water partition coefficient (Wildman–Crippen LogP) is 7.20. The van der Waals surface area contributed by atoms with E-state index < -0.39 is 5.91 Å². The first-order chi connectivity index (χ1) is 15.4. The lowest BCUT2D eigenvalue weighted by Gasteiger charge is -2.11. The zero-order chi connectivity index (χ0) is 22.7. The highest BCUT2D eigenvalue weighted by Gasteiger charge is 2.13. The van der Waals surface area contributed by atoms with Gasteiger partial charge in [0.05, 0.1) is 15.2 Å². The second kappa shape index (κ2) is 9.97. The molecule has 3 aromatic carbocycles. The fraction of sp³-hybridized carbons (Fsp3) is 0.0435.